The number of hydrogen-bond donors (Lipinski definition) is 2. The van der Waals surface area contributed by atoms with Crippen LogP contribution >= 0.6 is 11.8 Å². The Morgan fingerprint density at radius 2 is 2.16 bits per heavy atom. The molecule has 0 atom stereocenters. The second-order valence-electron chi connectivity index (χ2n) is 4.83. The summed E-state index contributed by atoms with van der Waals surface area (Å²) in [6.45, 7) is 5.28. The second-order valence-corrected chi connectivity index (χ2v) is 5.79. The Morgan fingerprint density at radius 1 is 1.53 bits per heavy atom. The number of nitrogens with zero attached hydrogens (tertiary/aromatic N) is 2. The normalized spacial score (nSPS) is 11.2. The van der Waals surface area contributed by atoms with Gasteiger partial charge in [-0.2, -0.15) is 5.10 Å². The summed E-state index contributed by atoms with van der Waals surface area (Å²) in [7, 11) is 1.69. The first-order valence-corrected chi connectivity index (χ1v) is 6.54. The van der Waals surface area contributed by atoms with Crippen LogP contribution in [0.25, 0.3) is 0 Å². The molecular weight excluding hydrogens is 270 g/mol. The molecular formula is C11H17N3O4S. The van der Waals surface area contributed by atoms with Crippen LogP contribution in [-0.2, 0) is 16.6 Å². The van der Waals surface area contributed by atoms with Gasteiger partial charge in [-0.25, -0.2) is 4.79 Å². The van der Waals surface area contributed by atoms with Crippen LogP contribution in [0.15, 0.2) is 11.2 Å². The maximum Gasteiger partial charge on any atom is 0.412 e. The number of rotatable bonds is 4. The molecule has 19 heavy (non-hydrogen) atoms. The lowest BCUT2D eigenvalue weighted by atomic mass is 10.2. The number of aryl methyl sites for hydroxylation is 1. The Morgan fingerprint density at radius 3 is 2.68 bits per heavy atom. The second kappa shape index (κ2) is 5.96. The number of aliphatic carboxylic acids is 1. The number of amides is 1. The third kappa shape index (κ3) is 5.64. The predicted molar refractivity (Wildman–Crippen MR) is 71.4 cm³/mol. The topological polar surface area (TPSA) is 93.5 Å². The van der Waals surface area contributed by atoms with Crippen molar-refractivity contribution in [3.63, 3.8) is 0 Å². The van der Waals surface area contributed by atoms with E-state index >= 15 is 0 Å². The lowest BCUT2D eigenvalue weighted by Gasteiger charge is -2.19. The minimum Gasteiger partial charge on any atom is -0.481 e. The summed E-state index contributed by atoms with van der Waals surface area (Å²) in [6, 6.07) is 0. The molecule has 0 unspecified atom stereocenters. The van der Waals surface area contributed by atoms with Gasteiger partial charge < -0.3 is 9.84 Å². The Kier molecular flexibility index (Phi) is 4.82. The molecule has 2 N–H and O–H groups in total. The first-order chi connectivity index (χ1) is 8.67. The quantitative estimate of drug-likeness (QED) is 0.822. The van der Waals surface area contributed by atoms with Crippen molar-refractivity contribution in [2.75, 3.05) is 11.1 Å². The molecule has 8 heteroatoms. The van der Waals surface area contributed by atoms with Crippen molar-refractivity contribution in [1.29, 1.82) is 0 Å². The average molecular weight is 287 g/mol. The number of thioether (sulfide) groups is 1. The summed E-state index contributed by atoms with van der Waals surface area (Å²) in [6.07, 6.45) is 0.992. The number of aromatic nitrogens is 2. The largest absolute Gasteiger partial charge is 0.481 e. The first kappa shape index (κ1) is 15.4. The highest BCUT2D eigenvalue weighted by Gasteiger charge is 2.19. The maximum atomic E-state index is 11.6. The van der Waals surface area contributed by atoms with Crippen LogP contribution in [0, 0.1) is 0 Å². The number of carboxylic acids is 1. The molecule has 7 nitrogen and oxygen atoms in total. The zero-order valence-electron chi connectivity index (χ0n) is 11.3. The van der Waals surface area contributed by atoms with E-state index < -0.39 is 17.7 Å². The van der Waals surface area contributed by atoms with E-state index in [-0.39, 0.29) is 5.75 Å². The number of hydrogen-bond acceptors (Lipinski definition) is 5. The summed E-state index contributed by atoms with van der Waals surface area (Å²) in [5.74, 6) is -1.07. The number of carbonyl (C=O) groups excluding carboxylic acids is 1. The summed E-state index contributed by atoms with van der Waals surface area (Å²) < 4.78 is 6.62. The average Bonchev–Trinajstić information content (AvgIpc) is 2.52. The molecule has 0 radical (unpaired) electrons. The van der Waals surface area contributed by atoms with Gasteiger partial charge in [0.05, 0.1) is 11.4 Å². The molecule has 0 aliphatic rings. The Balaban J connectivity index is 2.72. The fraction of sp³-hybridized carbons (Fsp3) is 0.545. The van der Waals surface area contributed by atoms with Gasteiger partial charge >= 0.3 is 12.1 Å². The van der Waals surface area contributed by atoms with Crippen molar-refractivity contribution in [2.24, 2.45) is 7.05 Å². The molecule has 1 aromatic heterocycles. The van der Waals surface area contributed by atoms with E-state index in [0.29, 0.717) is 10.7 Å². The lowest BCUT2D eigenvalue weighted by Crippen LogP contribution is -2.27. The van der Waals surface area contributed by atoms with Crippen LogP contribution in [0.5, 0.6) is 0 Å². The minimum absolute atomic E-state index is 0.125. The SMILES string of the molecule is Cn1cc(NC(=O)OC(C)(C)C)c(SCC(=O)O)n1. The van der Waals surface area contributed by atoms with Crippen molar-refractivity contribution in [2.45, 2.75) is 31.4 Å². The molecule has 1 heterocycles. The molecule has 106 valence electrons. The van der Waals surface area contributed by atoms with E-state index in [2.05, 4.69) is 10.4 Å². The minimum atomic E-state index is -0.945. The van der Waals surface area contributed by atoms with Crippen LogP contribution in [0.2, 0.25) is 0 Å². The van der Waals surface area contributed by atoms with Crippen LogP contribution in [0.1, 0.15) is 20.8 Å². The van der Waals surface area contributed by atoms with Gasteiger partial charge in [-0.1, -0.05) is 11.8 Å². The number of carboxylic acid groups (broad SMARTS) is 1. The highest BCUT2D eigenvalue weighted by atomic mass is 32.2. The van der Waals surface area contributed by atoms with E-state index in [4.69, 9.17) is 9.84 Å². The Hall–Kier alpha value is -1.70. The van der Waals surface area contributed by atoms with Gasteiger partial charge in [-0.3, -0.25) is 14.8 Å². The van der Waals surface area contributed by atoms with Crippen LogP contribution < -0.4 is 5.32 Å². The standard InChI is InChI=1S/C11H17N3O4S/c1-11(2,3)18-10(17)12-7-5-14(4)13-9(7)19-6-8(15)16/h5H,6H2,1-4H3,(H,12,17)(H,15,16). The molecule has 0 aliphatic heterocycles. The monoisotopic (exact) mass is 287 g/mol. The zero-order valence-corrected chi connectivity index (χ0v) is 12.1. The smallest absolute Gasteiger partial charge is 0.412 e. The van der Waals surface area contributed by atoms with Crippen LogP contribution in [0.3, 0.4) is 0 Å². The van der Waals surface area contributed by atoms with Gasteiger partial charge in [-0.15, -0.1) is 0 Å². The molecule has 0 aliphatic carbocycles. The molecule has 0 fully saturated rings. The van der Waals surface area contributed by atoms with Gasteiger partial charge in [0.25, 0.3) is 0 Å². The van der Waals surface area contributed by atoms with Crippen molar-refractivity contribution in [3.05, 3.63) is 6.20 Å². The van der Waals surface area contributed by atoms with E-state index in [1.165, 1.54) is 4.68 Å². The van der Waals surface area contributed by atoms with Gasteiger partial charge in [0.15, 0.2) is 0 Å². The third-order valence-electron chi connectivity index (χ3n) is 1.76. The fourth-order valence-electron chi connectivity index (χ4n) is 1.20. The van der Waals surface area contributed by atoms with Gasteiger partial charge in [-0.05, 0) is 20.8 Å². The summed E-state index contributed by atoms with van der Waals surface area (Å²) in [5.41, 5.74) is -0.163. The molecule has 0 bridgehead atoms. The third-order valence-corrected chi connectivity index (χ3v) is 2.73. The van der Waals surface area contributed by atoms with Crippen LogP contribution in [0.4, 0.5) is 10.5 Å². The number of ether oxygens (including phenoxy) is 1. The van der Waals surface area contributed by atoms with E-state index in [1.54, 1.807) is 34.0 Å². The maximum absolute atomic E-state index is 11.6. The molecule has 1 aromatic rings. The molecule has 1 amide bonds. The zero-order chi connectivity index (χ0) is 14.6. The highest BCUT2D eigenvalue weighted by molar-refractivity contribution is 8.00. The highest BCUT2D eigenvalue weighted by Crippen LogP contribution is 2.25. The predicted octanol–water partition coefficient (Wildman–Crippen LogP) is 1.94. The molecule has 0 spiro atoms. The molecule has 0 saturated heterocycles. The lowest BCUT2D eigenvalue weighted by molar-refractivity contribution is -0.133. The molecule has 1 rings (SSSR count). The summed E-state index contributed by atoms with van der Waals surface area (Å²) in [4.78, 5) is 22.2. The number of carbonyl (C=O) groups is 2. The summed E-state index contributed by atoms with van der Waals surface area (Å²) in [5, 5.41) is 15.7. The Labute approximate surface area is 115 Å². The van der Waals surface area contributed by atoms with Gasteiger partial charge in [0, 0.05) is 13.2 Å². The van der Waals surface area contributed by atoms with E-state index in [1.807, 2.05) is 0 Å². The van der Waals surface area contributed by atoms with E-state index in [0.717, 1.165) is 11.8 Å². The van der Waals surface area contributed by atoms with Crippen LogP contribution in [-0.4, -0.2) is 38.3 Å². The number of nitrogens with one attached hydrogen (secondary N) is 1. The number of anilines is 1. The Bertz CT molecular complexity index is 479. The summed E-state index contributed by atoms with van der Waals surface area (Å²) >= 11 is 1.03. The van der Waals surface area contributed by atoms with Crippen molar-refractivity contribution >= 4 is 29.5 Å². The van der Waals surface area contributed by atoms with Gasteiger partial charge in [0.2, 0.25) is 0 Å². The van der Waals surface area contributed by atoms with Crippen molar-refractivity contribution < 1.29 is 19.4 Å². The van der Waals surface area contributed by atoms with Crippen molar-refractivity contribution in [3.8, 4) is 0 Å². The molecule has 0 saturated carbocycles. The van der Waals surface area contributed by atoms with E-state index in [9.17, 15) is 9.59 Å². The first-order valence-electron chi connectivity index (χ1n) is 5.55. The van der Waals surface area contributed by atoms with Crippen molar-refractivity contribution in [1.82, 2.24) is 9.78 Å². The van der Waals surface area contributed by atoms with Gasteiger partial charge in [0.1, 0.15) is 10.6 Å². The molecule has 0 aromatic carbocycles. The fourth-order valence-corrected chi connectivity index (χ4v) is 1.91.